The summed E-state index contributed by atoms with van der Waals surface area (Å²) >= 11 is 7.48. The van der Waals surface area contributed by atoms with E-state index in [9.17, 15) is 9.59 Å². The molecule has 2 heterocycles. The molecule has 1 N–H and O–H groups in total. The zero-order valence-electron chi connectivity index (χ0n) is 15.4. The van der Waals surface area contributed by atoms with Gasteiger partial charge in [-0.15, -0.1) is 11.3 Å². The first-order valence-electron chi connectivity index (χ1n) is 9.06. The molecular weight excluding hydrogens is 382 g/mol. The van der Waals surface area contributed by atoms with Crippen molar-refractivity contribution >= 4 is 34.9 Å². The van der Waals surface area contributed by atoms with Gasteiger partial charge in [0.25, 0.3) is 5.91 Å². The maximum atomic E-state index is 13.1. The van der Waals surface area contributed by atoms with Crippen LogP contribution in [0.4, 0.5) is 4.79 Å². The lowest BCUT2D eigenvalue weighted by Gasteiger charge is -2.25. The van der Waals surface area contributed by atoms with Crippen LogP contribution >= 0.6 is 22.9 Å². The second kappa shape index (κ2) is 6.93. The summed E-state index contributed by atoms with van der Waals surface area (Å²) in [6.07, 6.45) is 3.28. The minimum atomic E-state index is -1.01. The first-order chi connectivity index (χ1) is 12.9. The van der Waals surface area contributed by atoms with E-state index in [0.717, 1.165) is 34.0 Å². The van der Waals surface area contributed by atoms with Crippen molar-refractivity contribution in [1.29, 1.82) is 0 Å². The van der Waals surface area contributed by atoms with Gasteiger partial charge in [0, 0.05) is 11.4 Å². The zero-order valence-corrected chi connectivity index (χ0v) is 17.0. The standard InChI is InChI=1S/C20H22ClN3O2S/c1-20(15-7-6-13-4-3-5-14(13)10-15)18(25)24(19(26)22-20)12-23(2)11-16-8-9-17(21)27-16/h6-10H,3-5,11-12H2,1-2H3,(H,22,26)/t20-/m1/s1. The molecule has 1 saturated heterocycles. The first-order valence-corrected chi connectivity index (χ1v) is 10.3. The van der Waals surface area contributed by atoms with Crippen LogP contribution in [-0.2, 0) is 29.7 Å². The lowest BCUT2D eigenvalue weighted by Crippen LogP contribution is -2.42. The smallest absolute Gasteiger partial charge is 0.319 e. The molecule has 1 atom stereocenters. The first kappa shape index (κ1) is 18.5. The Hall–Kier alpha value is -1.89. The van der Waals surface area contributed by atoms with Crippen LogP contribution in [0.15, 0.2) is 30.3 Å². The van der Waals surface area contributed by atoms with Crippen molar-refractivity contribution in [3.8, 4) is 0 Å². The normalized spacial score (nSPS) is 21.9. The molecule has 1 aliphatic carbocycles. The number of thiophene rings is 1. The van der Waals surface area contributed by atoms with Gasteiger partial charge < -0.3 is 5.32 Å². The summed E-state index contributed by atoms with van der Waals surface area (Å²) < 4.78 is 0.734. The fraction of sp³-hybridized carbons (Fsp3) is 0.400. The van der Waals surface area contributed by atoms with Crippen LogP contribution in [0.25, 0.3) is 0 Å². The highest BCUT2D eigenvalue weighted by atomic mass is 35.5. The molecule has 1 aromatic carbocycles. The largest absolute Gasteiger partial charge is 0.326 e. The van der Waals surface area contributed by atoms with E-state index in [0.29, 0.717) is 6.54 Å². The lowest BCUT2D eigenvalue weighted by atomic mass is 9.90. The Morgan fingerprint density at radius 1 is 1.22 bits per heavy atom. The van der Waals surface area contributed by atoms with E-state index < -0.39 is 5.54 Å². The van der Waals surface area contributed by atoms with E-state index in [-0.39, 0.29) is 18.6 Å². The molecule has 1 aliphatic heterocycles. The van der Waals surface area contributed by atoms with Gasteiger partial charge in [0.2, 0.25) is 0 Å². The van der Waals surface area contributed by atoms with E-state index in [4.69, 9.17) is 11.6 Å². The SMILES string of the molecule is CN(Cc1ccc(Cl)s1)CN1C(=O)N[C@](C)(c2ccc3c(c2)CCC3)C1=O. The summed E-state index contributed by atoms with van der Waals surface area (Å²) in [4.78, 5) is 30.0. The molecule has 0 spiro atoms. The van der Waals surface area contributed by atoms with Crippen LogP contribution in [-0.4, -0.2) is 35.5 Å². The van der Waals surface area contributed by atoms with Gasteiger partial charge in [-0.1, -0.05) is 29.8 Å². The fourth-order valence-corrected chi connectivity index (χ4v) is 5.07. The number of benzene rings is 1. The highest BCUT2D eigenvalue weighted by Crippen LogP contribution is 2.32. The Bertz CT molecular complexity index is 912. The zero-order chi connectivity index (χ0) is 19.2. The van der Waals surface area contributed by atoms with E-state index in [1.54, 1.807) is 6.92 Å². The number of fused-ring (bicyclic) bond motifs is 1. The Balaban J connectivity index is 1.51. The van der Waals surface area contributed by atoms with Crippen molar-refractivity contribution in [3.63, 3.8) is 0 Å². The maximum Gasteiger partial charge on any atom is 0.326 e. The number of nitrogens with zero attached hydrogens (tertiary/aromatic N) is 2. The van der Waals surface area contributed by atoms with Crippen LogP contribution in [0.5, 0.6) is 0 Å². The van der Waals surface area contributed by atoms with Crippen LogP contribution in [0.2, 0.25) is 4.34 Å². The van der Waals surface area contributed by atoms with Crippen LogP contribution in [0.1, 0.15) is 34.9 Å². The van der Waals surface area contributed by atoms with Crippen LogP contribution in [0, 0.1) is 0 Å². The van der Waals surface area contributed by atoms with Gasteiger partial charge in [0.1, 0.15) is 5.54 Å². The third-order valence-electron chi connectivity index (χ3n) is 5.39. The van der Waals surface area contributed by atoms with Gasteiger partial charge in [-0.2, -0.15) is 0 Å². The number of hydrogen-bond acceptors (Lipinski definition) is 4. The quantitative estimate of drug-likeness (QED) is 0.773. The minimum Gasteiger partial charge on any atom is -0.319 e. The number of amides is 3. The monoisotopic (exact) mass is 403 g/mol. The highest BCUT2D eigenvalue weighted by Gasteiger charge is 2.49. The lowest BCUT2D eigenvalue weighted by molar-refractivity contribution is -0.132. The molecule has 4 rings (SSSR count). The molecule has 27 heavy (non-hydrogen) atoms. The van der Waals surface area contributed by atoms with E-state index in [1.165, 1.54) is 27.4 Å². The van der Waals surface area contributed by atoms with Crippen molar-refractivity contribution in [1.82, 2.24) is 15.1 Å². The van der Waals surface area contributed by atoms with Gasteiger partial charge in [-0.3, -0.25) is 9.69 Å². The third kappa shape index (κ3) is 3.37. The van der Waals surface area contributed by atoms with Crippen molar-refractivity contribution in [2.45, 2.75) is 38.3 Å². The van der Waals surface area contributed by atoms with E-state index >= 15 is 0 Å². The summed E-state index contributed by atoms with van der Waals surface area (Å²) in [5.41, 5.74) is 2.49. The predicted octanol–water partition coefficient (Wildman–Crippen LogP) is 3.75. The number of carbonyl (C=O) groups excluding carboxylic acids is 2. The molecule has 7 heteroatoms. The van der Waals surface area contributed by atoms with E-state index in [2.05, 4.69) is 17.4 Å². The van der Waals surface area contributed by atoms with Crippen LogP contribution < -0.4 is 5.32 Å². The summed E-state index contributed by atoms with van der Waals surface area (Å²) in [5.74, 6) is -0.207. The molecule has 142 valence electrons. The Labute approximate surface area is 167 Å². The molecule has 0 saturated carbocycles. The average molecular weight is 404 g/mol. The van der Waals surface area contributed by atoms with E-state index in [1.807, 2.05) is 30.1 Å². The summed E-state index contributed by atoms with van der Waals surface area (Å²) in [6, 6.07) is 9.62. The number of nitrogens with one attached hydrogen (secondary N) is 1. The molecule has 1 aromatic heterocycles. The minimum absolute atomic E-state index is 0.207. The Morgan fingerprint density at radius 2 is 2.00 bits per heavy atom. The molecule has 1 fully saturated rings. The maximum absolute atomic E-state index is 13.1. The topological polar surface area (TPSA) is 52.6 Å². The summed E-state index contributed by atoms with van der Waals surface area (Å²) in [7, 11) is 1.89. The Kier molecular flexibility index (Phi) is 4.74. The van der Waals surface area contributed by atoms with Gasteiger partial charge in [-0.05, 0) is 62.1 Å². The van der Waals surface area contributed by atoms with Gasteiger partial charge in [0.05, 0.1) is 11.0 Å². The second-order valence-corrected chi connectivity index (χ2v) is 9.29. The van der Waals surface area contributed by atoms with Gasteiger partial charge >= 0.3 is 6.03 Å². The number of carbonyl (C=O) groups is 2. The molecular formula is C20H22ClN3O2S. The molecule has 0 unspecified atom stereocenters. The van der Waals surface area contributed by atoms with Crippen molar-refractivity contribution in [2.75, 3.05) is 13.7 Å². The number of halogens is 1. The number of imide groups is 1. The number of urea groups is 1. The van der Waals surface area contributed by atoms with Gasteiger partial charge in [0.15, 0.2) is 0 Å². The molecule has 5 nitrogen and oxygen atoms in total. The Morgan fingerprint density at radius 3 is 2.74 bits per heavy atom. The number of rotatable bonds is 5. The number of aryl methyl sites for hydroxylation is 2. The third-order valence-corrected chi connectivity index (χ3v) is 6.60. The molecule has 2 aromatic rings. The van der Waals surface area contributed by atoms with Crippen LogP contribution in [0.3, 0.4) is 0 Å². The molecule has 0 radical (unpaired) electrons. The van der Waals surface area contributed by atoms with Crippen molar-refractivity contribution in [2.24, 2.45) is 0 Å². The number of hydrogen-bond donors (Lipinski definition) is 1. The molecule has 0 bridgehead atoms. The fourth-order valence-electron chi connectivity index (χ4n) is 3.90. The molecule has 2 aliphatic rings. The van der Waals surface area contributed by atoms with Crippen molar-refractivity contribution < 1.29 is 9.59 Å². The second-order valence-electron chi connectivity index (χ2n) is 7.49. The van der Waals surface area contributed by atoms with Crippen molar-refractivity contribution in [3.05, 3.63) is 56.2 Å². The van der Waals surface area contributed by atoms with Gasteiger partial charge in [-0.25, -0.2) is 9.69 Å². The summed E-state index contributed by atoms with van der Waals surface area (Å²) in [5, 5.41) is 2.90. The summed E-state index contributed by atoms with van der Waals surface area (Å²) in [6.45, 7) is 2.66. The predicted molar refractivity (Wildman–Crippen MR) is 107 cm³/mol. The average Bonchev–Trinajstić information content (AvgIpc) is 3.30. The highest BCUT2D eigenvalue weighted by molar-refractivity contribution is 7.16. The molecule has 3 amide bonds.